The number of hydrogen-bond acceptors (Lipinski definition) is 3. The Balaban J connectivity index is 1.69. The molecule has 0 spiro atoms. The summed E-state index contributed by atoms with van der Waals surface area (Å²) < 4.78 is 1.92. The molecule has 3 rings (SSSR count). The Labute approximate surface area is 124 Å². The Morgan fingerprint density at radius 3 is 3.14 bits per heavy atom. The fourth-order valence-corrected chi connectivity index (χ4v) is 2.64. The van der Waals surface area contributed by atoms with Crippen molar-refractivity contribution in [2.45, 2.75) is 31.7 Å². The van der Waals surface area contributed by atoms with E-state index in [0.717, 1.165) is 37.2 Å². The molecule has 0 radical (unpaired) electrons. The lowest BCUT2D eigenvalue weighted by Crippen LogP contribution is -2.39. The normalized spacial score (nSPS) is 19.0. The highest BCUT2D eigenvalue weighted by atomic mass is 16.2. The van der Waals surface area contributed by atoms with E-state index in [9.17, 15) is 4.79 Å². The second kappa shape index (κ2) is 6.54. The van der Waals surface area contributed by atoms with Gasteiger partial charge in [-0.05, 0) is 37.6 Å². The van der Waals surface area contributed by atoms with Gasteiger partial charge in [0.2, 0.25) is 5.91 Å². The maximum atomic E-state index is 12.3. The molecule has 1 fully saturated rings. The first-order valence-electron chi connectivity index (χ1n) is 7.45. The average molecular weight is 284 g/mol. The first-order valence-corrected chi connectivity index (χ1v) is 7.45. The van der Waals surface area contributed by atoms with Crippen molar-refractivity contribution in [3.8, 4) is 5.69 Å². The second-order valence-electron chi connectivity index (χ2n) is 5.37. The summed E-state index contributed by atoms with van der Waals surface area (Å²) >= 11 is 0. The minimum absolute atomic E-state index is 0.0553. The zero-order valence-electron chi connectivity index (χ0n) is 12.0. The maximum absolute atomic E-state index is 12.3. The predicted molar refractivity (Wildman–Crippen MR) is 82.5 cm³/mol. The van der Waals surface area contributed by atoms with E-state index in [1.807, 2.05) is 35.0 Å². The maximum Gasteiger partial charge on any atom is 0.241 e. The highest BCUT2D eigenvalue weighted by Crippen LogP contribution is 2.16. The molecule has 1 aromatic carbocycles. The van der Waals surface area contributed by atoms with Gasteiger partial charge in [-0.2, -0.15) is 0 Å². The van der Waals surface area contributed by atoms with Gasteiger partial charge in [-0.3, -0.25) is 4.79 Å². The lowest BCUT2D eigenvalue weighted by molar-refractivity contribution is -0.118. The van der Waals surface area contributed by atoms with Gasteiger partial charge in [0, 0.05) is 23.8 Å². The number of aromatic nitrogens is 2. The molecular weight excluding hydrogens is 264 g/mol. The van der Waals surface area contributed by atoms with Crippen LogP contribution in [0.3, 0.4) is 0 Å². The molecule has 5 nitrogen and oxygen atoms in total. The number of nitrogens with one attached hydrogen (secondary N) is 2. The molecule has 1 saturated heterocycles. The lowest BCUT2D eigenvalue weighted by atomic mass is 10.1. The van der Waals surface area contributed by atoms with E-state index in [2.05, 4.69) is 15.6 Å². The Morgan fingerprint density at radius 2 is 2.29 bits per heavy atom. The summed E-state index contributed by atoms with van der Waals surface area (Å²) in [6.07, 6.45) is 9.74. The number of carbonyl (C=O) groups excluding carboxylic acids is 1. The highest BCUT2D eigenvalue weighted by molar-refractivity contribution is 5.95. The predicted octanol–water partition coefficient (Wildman–Crippen LogP) is 2.34. The molecule has 2 aromatic rings. The Kier molecular flexibility index (Phi) is 4.31. The van der Waals surface area contributed by atoms with Crippen LogP contribution >= 0.6 is 0 Å². The minimum Gasteiger partial charge on any atom is -0.325 e. The number of benzene rings is 1. The standard InChI is InChI=1S/C16H20N4O/c21-16(15-7-2-1-3-8-18-15)19-13-5-4-6-14(11-13)20-10-9-17-12-20/h4-6,9-12,15,18H,1-3,7-8H2,(H,19,21). The SMILES string of the molecule is O=C(Nc1cccc(-n2ccnc2)c1)C1CCCCCN1. The molecule has 110 valence electrons. The first kappa shape index (κ1) is 13.8. The van der Waals surface area contributed by atoms with Gasteiger partial charge in [0.05, 0.1) is 12.4 Å². The zero-order valence-corrected chi connectivity index (χ0v) is 12.0. The molecule has 0 aliphatic carbocycles. The number of rotatable bonds is 3. The number of anilines is 1. The summed E-state index contributed by atoms with van der Waals surface area (Å²) in [5.74, 6) is 0.0553. The van der Waals surface area contributed by atoms with Crippen molar-refractivity contribution in [2.75, 3.05) is 11.9 Å². The van der Waals surface area contributed by atoms with Crippen LogP contribution in [0.2, 0.25) is 0 Å². The molecule has 1 amide bonds. The monoisotopic (exact) mass is 284 g/mol. The molecule has 2 heterocycles. The third kappa shape index (κ3) is 3.49. The van der Waals surface area contributed by atoms with Crippen molar-refractivity contribution < 1.29 is 4.79 Å². The smallest absolute Gasteiger partial charge is 0.241 e. The van der Waals surface area contributed by atoms with Gasteiger partial charge in [0.15, 0.2) is 0 Å². The second-order valence-corrected chi connectivity index (χ2v) is 5.37. The van der Waals surface area contributed by atoms with Gasteiger partial charge in [0.1, 0.15) is 0 Å². The van der Waals surface area contributed by atoms with Gasteiger partial charge < -0.3 is 15.2 Å². The van der Waals surface area contributed by atoms with Crippen LogP contribution in [0.5, 0.6) is 0 Å². The van der Waals surface area contributed by atoms with Crippen molar-refractivity contribution in [2.24, 2.45) is 0 Å². The zero-order chi connectivity index (χ0) is 14.5. The van der Waals surface area contributed by atoms with Crippen molar-refractivity contribution >= 4 is 11.6 Å². The summed E-state index contributed by atoms with van der Waals surface area (Å²) in [5.41, 5.74) is 1.80. The largest absolute Gasteiger partial charge is 0.325 e. The third-order valence-electron chi connectivity index (χ3n) is 3.79. The average Bonchev–Trinajstić information content (AvgIpc) is 2.90. The van der Waals surface area contributed by atoms with Crippen molar-refractivity contribution in [3.05, 3.63) is 43.0 Å². The summed E-state index contributed by atoms with van der Waals surface area (Å²) in [6.45, 7) is 0.924. The number of hydrogen-bond donors (Lipinski definition) is 2. The summed E-state index contributed by atoms with van der Waals surface area (Å²) in [6, 6.07) is 7.71. The van der Waals surface area contributed by atoms with Crippen LogP contribution in [0.4, 0.5) is 5.69 Å². The van der Waals surface area contributed by atoms with Crippen LogP contribution in [0.15, 0.2) is 43.0 Å². The first-order chi connectivity index (χ1) is 10.3. The van der Waals surface area contributed by atoms with Crippen LogP contribution in [0, 0.1) is 0 Å². The number of nitrogens with zero attached hydrogens (tertiary/aromatic N) is 2. The van der Waals surface area contributed by atoms with Gasteiger partial charge in [-0.15, -0.1) is 0 Å². The van der Waals surface area contributed by atoms with E-state index >= 15 is 0 Å². The minimum atomic E-state index is -0.0793. The Morgan fingerprint density at radius 1 is 1.33 bits per heavy atom. The van der Waals surface area contributed by atoms with E-state index in [1.54, 1.807) is 12.5 Å². The van der Waals surface area contributed by atoms with Crippen LogP contribution in [0.25, 0.3) is 5.69 Å². The van der Waals surface area contributed by atoms with Gasteiger partial charge in [-0.1, -0.05) is 18.9 Å². The third-order valence-corrected chi connectivity index (χ3v) is 3.79. The summed E-state index contributed by atoms with van der Waals surface area (Å²) in [7, 11) is 0. The van der Waals surface area contributed by atoms with Crippen molar-refractivity contribution in [1.82, 2.24) is 14.9 Å². The number of amides is 1. The number of imidazole rings is 1. The molecule has 1 aliphatic rings. The van der Waals surface area contributed by atoms with Crippen LogP contribution in [-0.4, -0.2) is 28.0 Å². The molecule has 1 unspecified atom stereocenters. The van der Waals surface area contributed by atoms with E-state index in [0.29, 0.717) is 0 Å². The molecule has 1 aliphatic heterocycles. The van der Waals surface area contributed by atoms with E-state index in [1.165, 1.54) is 6.42 Å². The highest BCUT2D eigenvalue weighted by Gasteiger charge is 2.19. The van der Waals surface area contributed by atoms with Crippen LogP contribution < -0.4 is 10.6 Å². The quantitative estimate of drug-likeness (QED) is 0.909. The molecule has 21 heavy (non-hydrogen) atoms. The number of carbonyl (C=O) groups is 1. The van der Waals surface area contributed by atoms with E-state index in [4.69, 9.17) is 0 Å². The topological polar surface area (TPSA) is 59.0 Å². The molecule has 5 heteroatoms. The van der Waals surface area contributed by atoms with Crippen LogP contribution in [-0.2, 0) is 4.79 Å². The van der Waals surface area contributed by atoms with Gasteiger partial charge in [0.25, 0.3) is 0 Å². The van der Waals surface area contributed by atoms with Crippen molar-refractivity contribution in [1.29, 1.82) is 0 Å². The van der Waals surface area contributed by atoms with Crippen molar-refractivity contribution in [3.63, 3.8) is 0 Å². The molecule has 2 N–H and O–H groups in total. The van der Waals surface area contributed by atoms with Gasteiger partial charge >= 0.3 is 0 Å². The fourth-order valence-electron chi connectivity index (χ4n) is 2.64. The Bertz CT molecular complexity index is 586. The molecule has 1 aromatic heterocycles. The summed E-state index contributed by atoms with van der Waals surface area (Å²) in [4.78, 5) is 16.4. The molecule has 0 saturated carbocycles. The molecule has 0 bridgehead atoms. The van der Waals surface area contributed by atoms with E-state index < -0.39 is 0 Å². The fraction of sp³-hybridized carbons (Fsp3) is 0.375. The van der Waals surface area contributed by atoms with Gasteiger partial charge in [-0.25, -0.2) is 4.98 Å². The van der Waals surface area contributed by atoms with Crippen LogP contribution in [0.1, 0.15) is 25.7 Å². The lowest BCUT2D eigenvalue weighted by Gasteiger charge is -2.16. The Hall–Kier alpha value is -2.14. The molecule has 1 atom stereocenters. The van der Waals surface area contributed by atoms with E-state index in [-0.39, 0.29) is 11.9 Å². The molecular formula is C16H20N4O. The summed E-state index contributed by atoms with van der Waals surface area (Å²) in [5, 5.41) is 6.32.